The number of aliphatic carboxylic acids is 1. The molecule has 3 nitrogen and oxygen atoms in total. The van der Waals surface area contributed by atoms with E-state index >= 15 is 0 Å². The zero-order valence-electron chi connectivity index (χ0n) is 15.8. The average molecular weight is 399 g/mol. The maximum Gasteiger partial charge on any atom is 0.337 e. The molecule has 0 radical (unpaired) electrons. The van der Waals surface area contributed by atoms with Crippen molar-refractivity contribution in [1.29, 1.82) is 0 Å². The highest BCUT2D eigenvalue weighted by atomic mass is 32.2. The summed E-state index contributed by atoms with van der Waals surface area (Å²) < 4.78 is 0. The van der Waals surface area contributed by atoms with Crippen molar-refractivity contribution >= 4 is 40.8 Å². The van der Waals surface area contributed by atoms with E-state index in [0.717, 1.165) is 15.4 Å². The number of carboxylic acids is 1. The van der Waals surface area contributed by atoms with Crippen LogP contribution in [0.25, 0.3) is 5.57 Å². The number of fused-ring (bicyclic) bond motifs is 1. The number of hydrogen-bond acceptors (Lipinski definition) is 4. The fourth-order valence-electron chi connectivity index (χ4n) is 2.94. The summed E-state index contributed by atoms with van der Waals surface area (Å²) in [6, 6.07) is 13.2. The molecule has 1 aliphatic rings. The molecule has 27 heavy (non-hydrogen) atoms. The number of allylic oxidation sites excluding steroid dienone is 1. The van der Waals surface area contributed by atoms with Gasteiger partial charge in [-0.15, -0.1) is 11.8 Å². The van der Waals surface area contributed by atoms with Crippen LogP contribution in [-0.2, 0) is 4.79 Å². The van der Waals surface area contributed by atoms with Crippen molar-refractivity contribution in [3.8, 4) is 0 Å². The van der Waals surface area contributed by atoms with E-state index in [1.165, 1.54) is 11.8 Å². The van der Waals surface area contributed by atoms with Crippen LogP contribution in [0.5, 0.6) is 0 Å². The minimum absolute atomic E-state index is 0.0772. The Balaban J connectivity index is 2.03. The Morgan fingerprint density at radius 1 is 1.04 bits per heavy atom. The number of carboxylic acid groups (broad SMARTS) is 1. The van der Waals surface area contributed by atoms with E-state index in [1.807, 2.05) is 30.3 Å². The molecule has 140 valence electrons. The summed E-state index contributed by atoms with van der Waals surface area (Å²) >= 11 is 2.97. The summed E-state index contributed by atoms with van der Waals surface area (Å²) in [5.74, 6) is -0.964. The van der Waals surface area contributed by atoms with Gasteiger partial charge in [-0.25, -0.2) is 4.79 Å². The molecular weight excluding hydrogens is 376 g/mol. The van der Waals surface area contributed by atoms with Crippen molar-refractivity contribution in [2.75, 3.05) is 0 Å². The second-order valence-electron chi connectivity index (χ2n) is 7.04. The highest BCUT2D eigenvalue weighted by Crippen LogP contribution is 2.44. The summed E-state index contributed by atoms with van der Waals surface area (Å²) in [7, 11) is 0. The van der Waals surface area contributed by atoms with Crippen LogP contribution >= 0.6 is 23.5 Å². The number of carbonyl (C=O) groups excluding carboxylic acids is 1. The van der Waals surface area contributed by atoms with E-state index in [1.54, 1.807) is 23.9 Å². The molecule has 0 unspecified atom stereocenters. The zero-order chi connectivity index (χ0) is 19.7. The number of rotatable bonds is 5. The molecule has 0 saturated heterocycles. The lowest BCUT2D eigenvalue weighted by atomic mass is 9.97. The van der Waals surface area contributed by atoms with Gasteiger partial charge in [-0.2, -0.15) is 0 Å². The van der Waals surface area contributed by atoms with Gasteiger partial charge >= 0.3 is 5.97 Å². The molecule has 1 aliphatic heterocycles. The third-order valence-corrected chi connectivity index (χ3v) is 6.47. The second kappa shape index (κ2) is 7.95. The van der Waals surface area contributed by atoms with Crippen LogP contribution in [0.1, 0.15) is 55.1 Å². The van der Waals surface area contributed by atoms with Gasteiger partial charge in [0.1, 0.15) is 0 Å². The van der Waals surface area contributed by atoms with Crippen LogP contribution in [-0.4, -0.2) is 22.1 Å². The van der Waals surface area contributed by atoms with Crippen molar-refractivity contribution in [2.24, 2.45) is 0 Å². The molecule has 0 fully saturated rings. The van der Waals surface area contributed by atoms with E-state index in [0.29, 0.717) is 27.2 Å². The molecule has 2 aromatic rings. The van der Waals surface area contributed by atoms with Crippen molar-refractivity contribution in [2.45, 2.75) is 48.7 Å². The van der Waals surface area contributed by atoms with E-state index < -0.39 is 5.97 Å². The van der Waals surface area contributed by atoms with E-state index in [4.69, 9.17) is 0 Å². The van der Waals surface area contributed by atoms with Crippen LogP contribution in [0.4, 0.5) is 0 Å². The highest BCUT2D eigenvalue weighted by molar-refractivity contribution is 8.05. The molecule has 1 heterocycles. The van der Waals surface area contributed by atoms with Crippen LogP contribution in [0.15, 0.2) is 57.2 Å². The molecule has 0 spiro atoms. The van der Waals surface area contributed by atoms with Gasteiger partial charge in [0.05, 0.1) is 10.5 Å². The largest absolute Gasteiger partial charge is 0.478 e. The van der Waals surface area contributed by atoms with Crippen LogP contribution in [0.3, 0.4) is 0 Å². The molecule has 0 aliphatic carbocycles. The lowest BCUT2D eigenvalue weighted by Crippen LogP contribution is -2.06. The Morgan fingerprint density at radius 2 is 1.70 bits per heavy atom. The number of benzene rings is 2. The number of hydrogen-bond donors (Lipinski definition) is 1. The summed E-state index contributed by atoms with van der Waals surface area (Å²) in [6.07, 6.45) is 0. The van der Waals surface area contributed by atoms with E-state index in [-0.39, 0.29) is 11.4 Å². The number of Topliss-reactive ketones (excluding diaryl/α,β-unsaturated/α-hetero) is 1. The van der Waals surface area contributed by atoms with Gasteiger partial charge in [0.25, 0.3) is 0 Å². The maximum atomic E-state index is 13.0. The predicted octanol–water partition coefficient (Wildman–Crippen LogP) is 6.09. The highest BCUT2D eigenvalue weighted by Gasteiger charge is 2.32. The molecule has 0 amide bonds. The Hall–Kier alpha value is -1.98. The van der Waals surface area contributed by atoms with Crippen molar-refractivity contribution < 1.29 is 14.7 Å². The smallest absolute Gasteiger partial charge is 0.337 e. The third kappa shape index (κ3) is 4.14. The molecule has 3 rings (SSSR count). The number of ketones is 1. The van der Waals surface area contributed by atoms with Gasteiger partial charge < -0.3 is 5.11 Å². The Kier molecular flexibility index (Phi) is 5.82. The topological polar surface area (TPSA) is 54.4 Å². The molecule has 1 N–H and O–H groups in total. The maximum absolute atomic E-state index is 13.0. The molecule has 0 aromatic heterocycles. The molecule has 0 atom stereocenters. The molecule has 0 saturated carbocycles. The van der Waals surface area contributed by atoms with Gasteiger partial charge in [0, 0.05) is 20.6 Å². The Bertz CT molecular complexity index is 925. The fourth-order valence-corrected chi connectivity index (χ4v) is 4.91. The minimum atomic E-state index is -1.08. The normalized spacial score (nSPS) is 15.4. The summed E-state index contributed by atoms with van der Waals surface area (Å²) in [5, 5.41) is 10.3. The number of carbonyl (C=O) groups is 2. The second-order valence-corrected chi connectivity index (χ2v) is 9.74. The van der Waals surface area contributed by atoms with Crippen LogP contribution in [0, 0.1) is 0 Å². The summed E-state index contributed by atoms with van der Waals surface area (Å²) in [5.41, 5.74) is 2.32. The first kappa shape index (κ1) is 19.8. The Morgan fingerprint density at radius 3 is 2.26 bits per heavy atom. The molecule has 2 aromatic carbocycles. The predicted molar refractivity (Wildman–Crippen MR) is 113 cm³/mol. The van der Waals surface area contributed by atoms with Crippen molar-refractivity contribution in [1.82, 2.24) is 0 Å². The lowest BCUT2D eigenvalue weighted by Gasteiger charge is -2.08. The van der Waals surface area contributed by atoms with Crippen molar-refractivity contribution in [3.63, 3.8) is 0 Å². The van der Waals surface area contributed by atoms with Gasteiger partial charge in [-0.3, -0.25) is 4.79 Å². The SMILES string of the molecule is CC(C)Sc1ccc(C(C(=O)O)=C2Sc3ccc(C(C)C)cc3C2=O)cc1. The van der Waals surface area contributed by atoms with Gasteiger partial charge in [0.2, 0.25) is 5.78 Å². The third-order valence-electron chi connectivity index (χ3n) is 4.29. The monoisotopic (exact) mass is 398 g/mol. The Labute approximate surface area is 168 Å². The molecule has 0 bridgehead atoms. The van der Waals surface area contributed by atoms with E-state index in [2.05, 4.69) is 27.7 Å². The van der Waals surface area contributed by atoms with Gasteiger partial charge in [-0.1, -0.05) is 57.7 Å². The zero-order valence-corrected chi connectivity index (χ0v) is 17.4. The quantitative estimate of drug-likeness (QED) is 0.487. The summed E-state index contributed by atoms with van der Waals surface area (Å²) in [6.45, 7) is 8.37. The van der Waals surface area contributed by atoms with Gasteiger partial charge in [-0.05, 0) is 41.3 Å². The number of thioether (sulfide) groups is 2. The van der Waals surface area contributed by atoms with E-state index in [9.17, 15) is 14.7 Å². The molecular formula is C22H22O3S2. The first-order valence-corrected chi connectivity index (χ1v) is 10.6. The lowest BCUT2D eigenvalue weighted by molar-refractivity contribution is -0.130. The van der Waals surface area contributed by atoms with Crippen LogP contribution < -0.4 is 0 Å². The van der Waals surface area contributed by atoms with Crippen molar-refractivity contribution in [3.05, 3.63) is 64.1 Å². The standard InChI is InChI=1S/C22H22O3S2/c1-12(2)15-7-10-18-17(11-15)20(23)21(27-18)19(22(24)25)14-5-8-16(9-6-14)26-13(3)4/h5-13H,1-4H3,(H,24,25). The average Bonchev–Trinajstić information content (AvgIpc) is 2.92. The first-order chi connectivity index (χ1) is 12.8. The molecule has 5 heteroatoms. The first-order valence-electron chi connectivity index (χ1n) is 8.89. The summed E-state index contributed by atoms with van der Waals surface area (Å²) in [4.78, 5) is 27.2. The van der Waals surface area contributed by atoms with Crippen LogP contribution in [0.2, 0.25) is 0 Å². The fraction of sp³-hybridized carbons (Fsp3) is 0.273. The van der Waals surface area contributed by atoms with Gasteiger partial charge in [0.15, 0.2) is 0 Å². The minimum Gasteiger partial charge on any atom is -0.478 e.